The Morgan fingerprint density at radius 3 is 2.18 bits per heavy atom. The number of nitrogens with two attached hydrogens (primary N) is 1. The Kier molecular flexibility index (Phi) is 4.27. The second-order valence-corrected chi connectivity index (χ2v) is 1.65. The van der Waals surface area contributed by atoms with Crippen molar-refractivity contribution in [3.05, 3.63) is 0 Å². The van der Waals surface area contributed by atoms with Crippen molar-refractivity contribution in [3.63, 3.8) is 0 Å². The molecule has 66 valence electrons. The zero-order valence-corrected chi connectivity index (χ0v) is 7.09. The Balaban J connectivity index is 3.70. The van der Waals surface area contributed by atoms with Crippen LogP contribution in [0.5, 0.6) is 0 Å². The molecule has 3 N–H and O–H groups in total. The van der Waals surface area contributed by atoms with Crippen molar-refractivity contribution in [1.82, 2.24) is 5.48 Å². The molecule has 0 aliphatic heterocycles. The fourth-order valence-corrected chi connectivity index (χ4v) is 0.344. The van der Waals surface area contributed by atoms with E-state index < -0.39 is 18.0 Å². The van der Waals surface area contributed by atoms with Crippen LogP contribution < -0.4 is 11.2 Å². The van der Waals surface area contributed by atoms with E-state index in [4.69, 9.17) is 0 Å². The second kappa shape index (κ2) is 4.72. The normalized spacial score (nSPS) is 8.18. The van der Waals surface area contributed by atoms with Crippen molar-refractivity contribution < 1.29 is 43.9 Å². The van der Waals surface area contributed by atoms with E-state index in [-0.39, 0.29) is 0 Å². The Labute approximate surface area is 73.6 Å². The summed E-state index contributed by atoms with van der Waals surface area (Å²) in [4.78, 5) is 34.2. The number of hydroxylamine groups is 1. The number of primary amides is 1. The van der Waals surface area contributed by atoms with Gasteiger partial charge in [0.2, 0.25) is 0 Å². The number of hydrogen-bond acceptors (Lipinski definition) is 5. The molecule has 0 aliphatic rings. The van der Waals surface area contributed by atoms with Crippen LogP contribution in [0, 0.1) is 0 Å². The second-order valence-electron chi connectivity index (χ2n) is 1.20. The summed E-state index contributed by atoms with van der Waals surface area (Å²) < 4.78 is 3.88. The van der Waals surface area contributed by atoms with E-state index in [9.17, 15) is 14.4 Å². The van der Waals surface area contributed by atoms with Crippen molar-refractivity contribution >= 4 is 18.0 Å². The molecule has 0 spiro atoms. The third-order valence-electron chi connectivity index (χ3n) is 0.467. The molecule has 0 unspecified atom stereocenters. The number of urea groups is 1. The average molecular weight is 344 g/mol. The molecule has 0 bridgehead atoms. The number of nitrogens with one attached hydrogen (secondary N) is 1. The summed E-state index contributed by atoms with van der Waals surface area (Å²) in [5.74, 6) is -2.60. The summed E-state index contributed by atoms with van der Waals surface area (Å²) in [5, 5.41) is 0. The molecule has 11 heavy (non-hydrogen) atoms. The van der Waals surface area contributed by atoms with Crippen LogP contribution in [0.15, 0.2) is 0 Å². The van der Waals surface area contributed by atoms with Crippen LogP contribution in [0.1, 0.15) is 0 Å². The van der Waals surface area contributed by atoms with E-state index in [1.54, 1.807) is 0 Å². The van der Waals surface area contributed by atoms with Crippen LogP contribution in [0.2, 0.25) is 0 Å². The van der Waals surface area contributed by atoms with Crippen LogP contribution in [0.25, 0.3) is 0 Å². The number of carbonyl (C=O) groups is 3. The molecule has 0 aliphatic carbocycles. The van der Waals surface area contributed by atoms with E-state index in [2.05, 4.69) is 13.8 Å². The predicted molar refractivity (Wildman–Crippen MR) is 24.9 cm³/mol. The summed E-state index contributed by atoms with van der Waals surface area (Å²) >= 11 is 1.36. The molecule has 0 rings (SSSR count). The fraction of sp³-hybridized carbons (Fsp3) is 0. The fourth-order valence-electron chi connectivity index (χ4n) is 0.163. The molecule has 8 heteroatoms. The third kappa shape index (κ3) is 4.37. The van der Waals surface area contributed by atoms with Crippen LogP contribution in [0.3, 0.4) is 0 Å². The first-order valence-corrected chi connectivity index (χ1v) is 3.02. The molecule has 0 aromatic carbocycles. The van der Waals surface area contributed by atoms with E-state index >= 15 is 0 Å². The first-order valence-electron chi connectivity index (χ1n) is 2.14. The molecule has 0 saturated heterocycles. The van der Waals surface area contributed by atoms with Crippen LogP contribution in [-0.4, -0.2) is 18.0 Å². The van der Waals surface area contributed by atoms with E-state index in [0.717, 1.165) is 0 Å². The third-order valence-corrected chi connectivity index (χ3v) is 0.869. The van der Waals surface area contributed by atoms with Crippen LogP contribution in [-0.2, 0) is 39.1 Å². The van der Waals surface area contributed by atoms with Gasteiger partial charge in [0, 0.05) is 0 Å². The molecule has 0 aromatic rings. The van der Waals surface area contributed by atoms with Gasteiger partial charge in [-0.05, 0) is 0 Å². The van der Waals surface area contributed by atoms with Crippen molar-refractivity contribution in [2.75, 3.05) is 0 Å². The first-order chi connectivity index (χ1) is 5.07. The van der Waals surface area contributed by atoms with Gasteiger partial charge in [0.1, 0.15) is 0 Å². The number of amides is 2. The zero-order chi connectivity index (χ0) is 8.85. The molecule has 7 nitrogen and oxygen atoms in total. The van der Waals surface area contributed by atoms with Gasteiger partial charge in [-0.25, -0.2) is 0 Å². The SMILES string of the molecule is NC(=O)NOC(=O)C(=O)[O][Au]. The topological polar surface area (TPSA) is 108 Å². The first kappa shape index (κ1) is 9.95. The molecule has 2 amide bonds. The number of rotatable bonds is 0. The minimum absolute atomic E-state index is 1.09. The Bertz CT molecular complexity index is 192. The van der Waals surface area contributed by atoms with Gasteiger partial charge in [-0.15, -0.1) is 0 Å². The van der Waals surface area contributed by atoms with Gasteiger partial charge < -0.3 is 0 Å². The van der Waals surface area contributed by atoms with Gasteiger partial charge in [0.15, 0.2) is 0 Å². The van der Waals surface area contributed by atoms with Crippen molar-refractivity contribution in [2.24, 2.45) is 5.73 Å². The maximum atomic E-state index is 10.3. The summed E-state index contributed by atoms with van der Waals surface area (Å²) in [6, 6.07) is -1.09. The van der Waals surface area contributed by atoms with Crippen molar-refractivity contribution in [1.29, 1.82) is 0 Å². The van der Waals surface area contributed by atoms with Gasteiger partial charge in [0.25, 0.3) is 0 Å². The monoisotopic (exact) mass is 344 g/mol. The summed E-state index contributed by atoms with van der Waals surface area (Å²) in [5.41, 5.74) is 5.94. The average Bonchev–Trinajstić information content (AvgIpc) is 1.98. The van der Waals surface area contributed by atoms with Gasteiger partial charge in [-0.2, -0.15) is 0 Å². The van der Waals surface area contributed by atoms with Crippen molar-refractivity contribution in [3.8, 4) is 0 Å². The van der Waals surface area contributed by atoms with Gasteiger partial charge >= 0.3 is 73.1 Å². The quantitative estimate of drug-likeness (QED) is 0.304. The molecule has 0 aromatic heterocycles. The van der Waals surface area contributed by atoms with Crippen LogP contribution in [0.4, 0.5) is 4.79 Å². The number of carbonyl (C=O) groups excluding carboxylic acids is 3. The zero-order valence-electron chi connectivity index (χ0n) is 4.92. The van der Waals surface area contributed by atoms with E-state index in [1.165, 1.54) is 26.9 Å². The molecule has 0 atom stereocenters. The van der Waals surface area contributed by atoms with Gasteiger partial charge in [-0.3, -0.25) is 0 Å². The summed E-state index contributed by atoms with van der Waals surface area (Å²) in [6.07, 6.45) is 0. The molecular weight excluding hydrogens is 341 g/mol. The molecular formula is C3H3AuN2O5. The van der Waals surface area contributed by atoms with Crippen molar-refractivity contribution in [2.45, 2.75) is 0 Å². The Hall–Kier alpha value is -1.05. The molecule has 0 fully saturated rings. The van der Waals surface area contributed by atoms with Gasteiger partial charge in [-0.1, -0.05) is 0 Å². The Morgan fingerprint density at radius 2 is 1.82 bits per heavy atom. The molecule has 0 radical (unpaired) electrons. The van der Waals surface area contributed by atoms with E-state index in [0.29, 0.717) is 0 Å². The number of hydrogen-bond donors (Lipinski definition) is 2. The summed E-state index contributed by atoms with van der Waals surface area (Å²) in [7, 11) is 0. The Morgan fingerprint density at radius 1 is 1.27 bits per heavy atom. The maximum absolute atomic E-state index is 10.3. The predicted octanol–water partition coefficient (Wildman–Crippen LogP) is -1.88. The van der Waals surface area contributed by atoms with Gasteiger partial charge in [0.05, 0.1) is 0 Å². The standard InChI is InChI=1S/C3H4N2O5.Au/c4-3(9)5-10-2(8)1(6)7;/h(H,6,7)(H3,4,5,9);/q;+1/p-1. The van der Waals surface area contributed by atoms with E-state index in [1.807, 2.05) is 0 Å². The molecule has 0 heterocycles. The molecule has 0 saturated carbocycles. The summed E-state index contributed by atoms with van der Waals surface area (Å²) in [6.45, 7) is 0. The minimum atomic E-state index is -1.36. The van der Waals surface area contributed by atoms with Crippen LogP contribution >= 0.6 is 0 Å².